The molecule has 1 fully saturated rings. The highest BCUT2D eigenvalue weighted by Crippen LogP contribution is 2.29. The van der Waals surface area contributed by atoms with Crippen molar-refractivity contribution in [1.82, 2.24) is 15.6 Å². The van der Waals surface area contributed by atoms with E-state index in [1.54, 1.807) is 0 Å². The predicted molar refractivity (Wildman–Crippen MR) is 116 cm³/mol. The molecule has 1 atom stereocenters. The van der Waals surface area contributed by atoms with Crippen molar-refractivity contribution in [2.75, 3.05) is 36.2 Å². The summed E-state index contributed by atoms with van der Waals surface area (Å²) in [6.07, 6.45) is 5.11. The average molecular weight is 480 g/mol. The maximum absolute atomic E-state index is 14.4. The Bertz CT molecular complexity index is 952. The minimum atomic E-state index is -4.28. The largest absolute Gasteiger partial charge is 0.384 e. The van der Waals surface area contributed by atoms with E-state index in [-0.39, 0.29) is 10.2 Å². The second kappa shape index (κ2) is 10.7. The Balaban J connectivity index is 1.47. The van der Waals surface area contributed by atoms with Gasteiger partial charge in [-0.25, -0.2) is 17.8 Å². The molecule has 1 aliphatic rings. The molecule has 0 aliphatic carbocycles. The molecule has 12 heteroatoms. The zero-order chi connectivity index (χ0) is 21.6. The number of rotatable bonds is 11. The number of sulfonamides is 1. The van der Waals surface area contributed by atoms with E-state index in [0.29, 0.717) is 29.6 Å². The number of unbranched alkanes of at least 4 members (excludes halogenated alkanes) is 1. The van der Waals surface area contributed by atoms with Gasteiger partial charge >= 0.3 is 0 Å². The van der Waals surface area contributed by atoms with Crippen LogP contribution in [0.5, 0.6) is 0 Å². The fraction of sp³-hybridized carbons (Fsp3) is 0.500. The smallest absolute Gasteiger partial charge is 0.266 e. The summed E-state index contributed by atoms with van der Waals surface area (Å²) >= 11 is 6.64. The van der Waals surface area contributed by atoms with Gasteiger partial charge in [0.25, 0.3) is 10.0 Å². The summed E-state index contributed by atoms with van der Waals surface area (Å²) in [4.78, 5) is 2.94. The van der Waals surface area contributed by atoms with E-state index < -0.39 is 25.9 Å². The van der Waals surface area contributed by atoms with Crippen molar-refractivity contribution < 1.29 is 17.2 Å². The lowest BCUT2D eigenvalue weighted by molar-refractivity contribution is 0.526. The van der Waals surface area contributed by atoms with Crippen LogP contribution in [0.1, 0.15) is 25.7 Å². The van der Waals surface area contributed by atoms with Gasteiger partial charge in [-0.1, -0.05) is 22.9 Å². The van der Waals surface area contributed by atoms with Gasteiger partial charge in [-0.2, -0.15) is 4.39 Å². The molecule has 2 heterocycles. The van der Waals surface area contributed by atoms with Crippen LogP contribution >= 0.6 is 22.9 Å². The number of aromatic nitrogens is 1. The van der Waals surface area contributed by atoms with Crippen molar-refractivity contribution >= 4 is 43.8 Å². The normalized spacial score (nSPS) is 16.7. The van der Waals surface area contributed by atoms with Crippen LogP contribution in [0.3, 0.4) is 0 Å². The summed E-state index contributed by atoms with van der Waals surface area (Å²) in [5, 5.41) is 9.10. The minimum absolute atomic E-state index is 0.0764. The van der Waals surface area contributed by atoms with Crippen molar-refractivity contribution in [1.29, 1.82) is 0 Å². The highest BCUT2D eigenvalue weighted by atomic mass is 35.5. The molecule has 0 saturated carbocycles. The summed E-state index contributed by atoms with van der Waals surface area (Å²) in [7, 11) is -4.28. The van der Waals surface area contributed by atoms with E-state index in [9.17, 15) is 17.2 Å². The molecule has 7 nitrogen and oxygen atoms in total. The number of thiazole rings is 1. The van der Waals surface area contributed by atoms with Crippen LogP contribution < -0.4 is 20.7 Å². The fourth-order valence-electron chi connectivity index (χ4n) is 3.15. The summed E-state index contributed by atoms with van der Waals surface area (Å²) < 4.78 is 54.2. The van der Waals surface area contributed by atoms with Crippen molar-refractivity contribution in [3.63, 3.8) is 0 Å². The van der Waals surface area contributed by atoms with Crippen LogP contribution in [-0.2, 0) is 10.0 Å². The second-order valence-corrected chi connectivity index (χ2v) is 10.0. The van der Waals surface area contributed by atoms with Crippen molar-refractivity contribution in [3.8, 4) is 0 Å². The number of anilines is 2. The standard InChI is InChI=1S/C18H24ClF2N5O2S2/c19-13-8-16(30(27,28)26-18-25-11-17(21)29-18)14(20)9-15(13)24-6-2-1-5-22-10-12-4-3-7-23-12/h8-9,11-12,22-24H,1-7,10H2,(H,25,26)/t12-/m1/s1. The lowest BCUT2D eigenvalue weighted by Crippen LogP contribution is -2.34. The number of hydrogen-bond donors (Lipinski definition) is 4. The van der Waals surface area contributed by atoms with Crippen LogP contribution in [0.25, 0.3) is 0 Å². The summed E-state index contributed by atoms with van der Waals surface area (Å²) in [5.74, 6) is -0.961. The number of nitrogens with zero attached hydrogens (tertiary/aromatic N) is 1. The lowest BCUT2D eigenvalue weighted by atomic mass is 10.2. The monoisotopic (exact) mass is 479 g/mol. The molecule has 30 heavy (non-hydrogen) atoms. The van der Waals surface area contributed by atoms with Gasteiger partial charge in [-0.05, 0) is 50.9 Å². The maximum atomic E-state index is 14.4. The molecule has 1 saturated heterocycles. The maximum Gasteiger partial charge on any atom is 0.266 e. The molecule has 1 aliphatic heterocycles. The molecular formula is C18H24ClF2N5O2S2. The van der Waals surface area contributed by atoms with Gasteiger partial charge in [-0.15, -0.1) is 0 Å². The number of halogens is 3. The predicted octanol–water partition coefficient (Wildman–Crippen LogP) is 3.41. The Labute approximate surface area is 183 Å². The highest BCUT2D eigenvalue weighted by Gasteiger charge is 2.23. The van der Waals surface area contributed by atoms with Crippen molar-refractivity contribution in [3.05, 3.63) is 34.3 Å². The molecule has 1 aromatic heterocycles. The van der Waals surface area contributed by atoms with Crippen molar-refractivity contribution in [2.24, 2.45) is 0 Å². The van der Waals surface area contributed by atoms with Gasteiger partial charge in [0, 0.05) is 19.1 Å². The molecule has 0 amide bonds. The average Bonchev–Trinajstić information content (AvgIpc) is 3.34. The molecule has 0 bridgehead atoms. The van der Waals surface area contributed by atoms with E-state index in [1.807, 2.05) is 4.72 Å². The third-order valence-corrected chi connectivity index (χ3v) is 7.16. The van der Waals surface area contributed by atoms with E-state index in [1.165, 1.54) is 12.8 Å². The summed E-state index contributed by atoms with van der Waals surface area (Å²) in [6.45, 7) is 3.52. The Morgan fingerprint density at radius 3 is 2.77 bits per heavy atom. The van der Waals surface area contributed by atoms with Crippen LogP contribution in [0.4, 0.5) is 19.6 Å². The number of hydrogen-bond acceptors (Lipinski definition) is 7. The number of benzene rings is 1. The van der Waals surface area contributed by atoms with Gasteiger partial charge in [0.05, 0.1) is 16.9 Å². The molecule has 4 N–H and O–H groups in total. The first-order valence-electron chi connectivity index (χ1n) is 9.66. The topological polar surface area (TPSA) is 95.2 Å². The molecule has 3 rings (SSSR count). The lowest BCUT2D eigenvalue weighted by Gasteiger charge is -2.13. The van der Waals surface area contributed by atoms with Crippen LogP contribution in [0.2, 0.25) is 5.02 Å². The molecule has 1 aromatic carbocycles. The first-order valence-corrected chi connectivity index (χ1v) is 12.3. The molecule has 0 unspecified atom stereocenters. The van der Waals surface area contributed by atoms with Crippen LogP contribution in [-0.4, -0.2) is 45.6 Å². The zero-order valence-corrected chi connectivity index (χ0v) is 18.6. The molecule has 0 spiro atoms. The third-order valence-electron chi connectivity index (χ3n) is 4.66. The Hall–Kier alpha value is -1.53. The minimum Gasteiger partial charge on any atom is -0.384 e. The van der Waals surface area contributed by atoms with E-state index in [4.69, 9.17) is 11.6 Å². The quantitative estimate of drug-likeness (QED) is 0.369. The van der Waals surface area contributed by atoms with Crippen LogP contribution in [0, 0.1) is 10.9 Å². The summed E-state index contributed by atoms with van der Waals surface area (Å²) in [5.41, 5.74) is 0.316. The summed E-state index contributed by atoms with van der Waals surface area (Å²) in [6, 6.07) is 2.63. The van der Waals surface area contributed by atoms with Gasteiger partial charge in [0.1, 0.15) is 10.7 Å². The molecule has 166 valence electrons. The Morgan fingerprint density at radius 1 is 1.27 bits per heavy atom. The second-order valence-electron chi connectivity index (χ2n) is 6.97. The highest BCUT2D eigenvalue weighted by molar-refractivity contribution is 7.93. The molecular weight excluding hydrogens is 456 g/mol. The van der Waals surface area contributed by atoms with E-state index >= 15 is 0 Å². The fourth-order valence-corrected chi connectivity index (χ4v) is 5.31. The van der Waals surface area contributed by atoms with Gasteiger partial charge < -0.3 is 16.0 Å². The van der Waals surface area contributed by atoms with Crippen molar-refractivity contribution in [2.45, 2.75) is 36.6 Å². The first kappa shape index (κ1) is 23.1. The first-order chi connectivity index (χ1) is 14.3. The van der Waals surface area contributed by atoms with E-state index in [2.05, 4.69) is 20.9 Å². The van der Waals surface area contributed by atoms with Gasteiger partial charge in [0.2, 0.25) is 0 Å². The Morgan fingerprint density at radius 2 is 2.07 bits per heavy atom. The van der Waals surface area contributed by atoms with Gasteiger partial charge in [0.15, 0.2) is 10.3 Å². The van der Waals surface area contributed by atoms with E-state index in [0.717, 1.165) is 50.8 Å². The third kappa shape index (κ3) is 6.48. The molecule has 0 radical (unpaired) electrons. The Kier molecular flexibility index (Phi) is 8.23. The SMILES string of the molecule is O=S(=O)(Nc1ncc(F)s1)c1cc(Cl)c(NCCCCNC[C@H]2CCCN2)cc1F. The van der Waals surface area contributed by atoms with Gasteiger partial charge in [-0.3, -0.25) is 4.72 Å². The van der Waals surface area contributed by atoms with Crippen LogP contribution in [0.15, 0.2) is 23.2 Å². The number of nitrogens with one attached hydrogen (secondary N) is 4. The zero-order valence-electron chi connectivity index (χ0n) is 16.2. The molecule has 2 aromatic rings.